The van der Waals surface area contributed by atoms with E-state index < -0.39 is 0 Å². The summed E-state index contributed by atoms with van der Waals surface area (Å²) in [6.45, 7) is 3.44. The molecular weight excluding hydrogens is 298 g/mol. The van der Waals surface area contributed by atoms with Crippen LogP contribution in [0.25, 0.3) is 0 Å². The Labute approximate surface area is 125 Å². The highest BCUT2D eigenvalue weighted by molar-refractivity contribution is 9.10. The molecule has 0 heterocycles. The zero-order valence-electron chi connectivity index (χ0n) is 11.8. The second kappa shape index (κ2) is 5.57. The molecule has 19 heavy (non-hydrogen) atoms. The summed E-state index contributed by atoms with van der Waals surface area (Å²) >= 11 is 3.49. The van der Waals surface area contributed by atoms with Crippen LogP contribution in [0.2, 0.25) is 0 Å². The Balaban J connectivity index is 1.54. The predicted octanol–water partition coefficient (Wildman–Crippen LogP) is 4.90. The number of rotatable bonds is 3. The first-order chi connectivity index (χ1) is 9.18. The summed E-state index contributed by atoms with van der Waals surface area (Å²) in [5.41, 5.74) is 2.05. The van der Waals surface area contributed by atoms with Gasteiger partial charge in [0.25, 0.3) is 0 Å². The summed E-state index contributed by atoms with van der Waals surface area (Å²) in [7, 11) is 0. The van der Waals surface area contributed by atoms with Gasteiger partial charge in [0.2, 0.25) is 0 Å². The van der Waals surface area contributed by atoms with Gasteiger partial charge in [-0.15, -0.1) is 0 Å². The minimum atomic E-state index is 0.655. The smallest absolute Gasteiger partial charge is 0.0208 e. The standard InChI is InChI=1S/C17H24BrN/c1-13-6-9-17(10-7-13)11-8-16(17)19-12-14-2-4-15(18)5-3-14/h2-5,13,16,19H,6-12H2,1H3. The maximum absolute atomic E-state index is 3.81. The van der Waals surface area contributed by atoms with E-state index in [9.17, 15) is 0 Å². The van der Waals surface area contributed by atoms with Crippen LogP contribution >= 0.6 is 15.9 Å². The summed E-state index contributed by atoms with van der Waals surface area (Å²) < 4.78 is 1.16. The highest BCUT2D eigenvalue weighted by atomic mass is 79.9. The molecular formula is C17H24BrN. The SMILES string of the molecule is CC1CCC2(CC1)CCC2NCc1ccc(Br)cc1. The van der Waals surface area contributed by atoms with Crippen molar-refractivity contribution in [3.63, 3.8) is 0 Å². The van der Waals surface area contributed by atoms with Crippen molar-refractivity contribution in [2.24, 2.45) is 11.3 Å². The summed E-state index contributed by atoms with van der Waals surface area (Å²) in [4.78, 5) is 0. The second-order valence-corrected chi connectivity index (χ2v) is 7.56. The number of hydrogen-bond acceptors (Lipinski definition) is 1. The molecule has 104 valence electrons. The average molecular weight is 322 g/mol. The Hall–Kier alpha value is -0.340. The van der Waals surface area contributed by atoms with Crippen LogP contribution in [-0.4, -0.2) is 6.04 Å². The Morgan fingerprint density at radius 1 is 1.11 bits per heavy atom. The molecule has 2 aliphatic rings. The summed E-state index contributed by atoms with van der Waals surface area (Å²) in [6, 6.07) is 9.46. The zero-order valence-corrected chi connectivity index (χ0v) is 13.4. The van der Waals surface area contributed by atoms with Gasteiger partial charge in [-0.2, -0.15) is 0 Å². The first-order valence-electron chi connectivity index (χ1n) is 7.66. The van der Waals surface area contributed by atoms with Crippen molar-refractivity contribution in [1.82, 2.24) is 5.32 Å². The van der Waals surface area contributed by atoms with Crippen molar-refractivity contribution in [1.29, 1.82) is 0 Å². The van der Waals surface area contributed by atoms with Gasteiger partial charge in [-0.1, -0.05) is 47.8 Å². The first-order valence-corrected chi connectivity index (χ1v) is 8.45. The maximum Gasteiger partial charge on any atom is 0.0208 e. The lowest BCUT2D eigenvalue weighted by molar-refractivity contribution is 0.00923. The van der Waals surface area contributed by atoms with Crippen molar-refractivity contribution < 1.29 is 0 Å². The van der Waals surface area contributed by atoms with E-state index in [0.717, 1.165) is 23.0 Å². The van der Waals surface area contributed by atoms with Gasteiger partial charge in [0.15, 0.2) is 0 Å². The number of halogens is 1. The van der Waals surface area contributed by atoms with Crippen LogP contribution in [-0.2, 0) is 6.54 Å². The van der Waals surface area contributed by atoms with E-state index in [1.807, 2.05) is 0 Å². The monoisotopic (exact) mass is 321 g/mol. The molecule has 0 bridgehead atoms. The molecule has 1 aromatic carbocycles. The summed E-state index contributed by atoms with van der Waals surface area (Å²) in [6.07, 6.45) is 8.62. The normalized spacial score (nSPS) is 34.2. The van der Waals surface area contributed by atoms with Gasteiger partial charge in [0, 0.05) is 17.1 Å². The topological polar surface area (TPSA) is 12.0 Å². The van der Waals surface area contributed by atoms with Crippen LogP contribution in [0.5, 0.6) is 0 Å². The second-order valence-electron chi connectivity index (χ2n) is 6.64. The number of benzene rings is 1. The molecule has 1 spiro atoms. The van der Waals surface area contributed by atoms with Gasteiger partial charge in [-0.25, -0.2) is 0 Å². The maximum atomic E-state index is 3.81. The molecule has 2 heteroatoms. The molecule has 0 radical (unpaired) electrons. The van der Waals surface area contributed by atoms with Crippen LogP contribution in [0.3, 0.4) is 0 Å². The molecule has 0 aromatic heterocycles. The van der Waals surface area contributed by atoms with Crippen molar-refractivity contribution in [2.45, 2.75) is 58.0 Å². The van der Waals surface area contributed by atoms with E-state index in [-0.39, 0.29) is 0 Å². The molecule has 2 fully saturated rings. The third-order valence-electron chi connectivity index (χ3n) is 5.41. The lowest BCUT2D eigenvalue weighted by Gasteiger charge is -2.53. The van der Waals surface area contributed by atoms with E-state index in [1.165, 1.54) is 44.1 Å². The van der Waals surface area contributed by atoms with Gasteiger partial charge in [-0.3, -0.25) is 0 Å². The van der Waals surface area contributed by atoms with Crippen LogP contribution in [0.4, 0.5) is 0 Å². The summed E-state index contributed by atoms with van der Waals surface area (Å²) in [5, 5.41) is 3.81. The lowest BCUT2D eigenvalue weighted by Crippen LogP contribution is -2.54. The van der Waals surface area contributed by atoms with Gasteiger partial charge in [-0.05, 0) is 54.7 Å². The fraction of sp³-hybridized carbons (Fsp3) is 0.647. The molecule has 1 atom stereocenters. The largest absolute Gasteiger partial charge is 0.309 e. The van der Waals surface area contributed by atoms with Crippen LogP contribution in [0, 0.1) is 11.3 Å². The highest BCUT2D eigenvalue weighted by Gasteiger charge is 2.47. The Morgan fingerprint density at radius 3 is 2.32 bits per heavy atom. The molecule has 2 saturated carbocycles. The third-order valence-corrected chi connectivity index (χ3v) is 5.93. The van der Waals surface area contributed by atoms with Crippen LogP contribution < -0.4 is 5.32 Å². The van der Waals surface area contributed by atoms with E-state index in [1.54, 1.807) is 0 Å². The van der Waals surface area contributed by atoms with Crippen molar-refractivity contribution in [2.75, 3.05) is 0 Å². The molecule has 1 nitrogen and oxygen atoms in total. The van der Waals surface area contributed by atoms with Gasteiger partial charge >= 0.3 is 0 Å². The van der Waals surface area contributed by atoms with Crippen LogP contribution in [0.1, 0.15) is 51.0 Å². The highest BCUT2D eigenvalue weighted by Crippen LogP contribution is 2.52. The zero-order chi connectivity index (χ0) is 13.3. The van der Waals surface area contributed by atoms with Crippen molar-refractivity contribution in [3.05, 3.63) is 34.3 Å². The van der Waals surface area contributed by atoms with E-state index >= 15 is 0 Å². The van der Waals surface area contributed by atoms with E-state index in [4.69, 9.17) is 0 Å². The summed E-state index contributed by atoms with van der Waals surface area (Å²) in [5.74, 6) is 0.957. The van der Waals surface area contributed by atoms with Gasteiger partial charge in [0.05, 0.1) is 0 Å². The minimum absolute atomic E-state index is 0.655. The fourth-order valence-corrected chi connectivity index (χ4v) is 4.06. The molecule has 1 N–H and O–H groups in total. The van der Waals surface area contributed by atoms with Gasteiger partial charge < -0.3 is 5.32 Å². The van der Waals surface area contributed by atoms with Crippen molar-refractivity contribution in [3.8, 4) is 0 Å². The number of nitrogens with one attached hydrogen (secondary N) is 1. The quantitative estimate of drug-likeness (QED) is 0.835. The predicted molar refractivity (Wildman–Crippen MR) is 84.1 cm³/mol. The molecule has 0 aliphatic heterocycles. The first kappa shape index (κ1) is 13.6. The van der Waals surface area contributed by atoms with Gasteiger partial charge in [0.1, 0.15) is 0 Å². The molecule has 1 aromatic rings. The molecule has 0 saturated heterocycles. The van der Waals surface area contributed by atoms with Crippen molar-refractivity contribution >= 4 is 15.9 Å². The fourth-order valence-electron chi connectivity index (χ4n) is 3.79. The Morgan fingerprint density at radius 2 is 1.74 bits per heavy atom. The third kappa shape index (κ3) is 2.90. The molecule has 1 unspecified atom stereocenters. The Bertz CT molecular complexity index is 417. The lowest BCUT2D eigenvalue weighted by atomic mass is 9.56. The van der Waals surface area contributed by atoms with E-state index in [2.05, 4.69) is 52.4 Å². The minimum Gasteiger partial charge on any atom is -0.309 e. The molecule has 3 rings (SSSR count). The Kier molecular flexibility index (Phi) is 4.00. The average Bonchev–Trinajstić information content (AvgIpc) is 2.41. The number of hydrogen-bond donors (Lipinski definition) is 1. The molecule has 0 amide bonds. The molecule has 2 aliphatic carbocycles. The van der Waals surface area contributed by atoms with Crippen LogP contribution in [0.15, 0.2) is 28.7 Å². The van der Waals surface area contributed by atoms with E-state index in [0.29, 0.717) is 5.41 Å².